The van der Waals surface area contributed by atoms with E-state index in [0.717, 1.165) is 0 Å². The summed E-state index contributed by atoms with van der Waals surface area (Å²) in [7, 11) is 0. The van der Waals surface area contributed by atoms with Gasteiger partial charge in [0.05, 0.1) is 4.92 Å². The molecule has 0 bridgehead atoms. The molecule has 7 heteroatoms. The third-order valence-corrected chi connectivity index (χ3v) is 2.52. The average molecular weight is 255 g/mol. The molecule has 17 heavy (non-hydrogen) atoms. The Balaban J connectivity index is 2.57. The molecule has 2 aromatic rings. The number of nitro benzene ring substituents is 1. The van der Waals surface area contributed by atoms with Gasteiger partial charge in [-0.15, -0.1) is 0 Å². The van der Waals surface area contributed by atoms with Crippen LogP contribution in [0.15, 0.2) is 30.5 Å². The summed E-state index contributed by atoms with van der Waals surface area (Å²) >= 11 is 4.93. The van der Waals surface area contributed by atoms with Crippen LogP contribution < -0.4 is 0 Å². The number of hydrogen-bond acceptors (Lipinski definition) is 4. The molecule has 0 aliphatic rings. The molecule has 0 amide bonds. The van der Waals surface area contributed by atoms with E-state index >= 15 is 0 Å². The van der Waals surface area contributed by atoms with Gasteiger partial charge in [-0.05, 0) is 6.07 Å². The van der Waals surface area contributed by atoms with Gasteiger partial charge in [0.2, 0.25) is 0 Å². The molecule has 0 saturated carbocycles. The molecular weight excluding hydrogens is 248 g/mol. The van der Waals surface area contributed by atoms with E-state index in [4.69, 9.17) is 11.9 Å². The molecule has 0 aliphatic carbocycles. The molecule has 88 valence electrons. The predicted octanol–water partition coefficient (Wildman–Crippen LogP) is 2.25. The first-order chi connectivity index (χ1) is 8.13. The Labute approximate surface area is 101 Å². The van der Waals surface area contributed by atoms with Crippen molar-refractivity contribution in [1.82, 2.24) is 4.57 Å². The SMILES string of the molecule is O=C(Cn1ccc2cccc([N+](=O)[O-])c21)OCl. The van der Waals surface area contributed by atoms with Crippen molar-refractivity contribution >= 4 is 34.4 Å². The summed E-state index contributed by atoms with van der Waals surface area (Å²) in [6, 6.07) is 6.38. The Hall–Kier alpha value is -2.08. The molecule has 0 radical (unpaired) electrons. The zero-order valence-corrected chi connectivity index (χ0v) is 9.26. The molecule has 0 unspecified atom stereocenters. The maximum Gasteiger partial charge on any atom is 0.344 e. The topological polar surface area (TPSA) is 74.4 Å². The van der Waals surface area contributed by atoms with Crippen LogP contribution in [0.4, 0.5) is 5.69 Å². The summed E-state index contributed by atoms with van der Waals surface area (Å²) in [5, 5.41) is 11.6. The minimum atomic E-state index is -0.678. The quantitative estimate of drug-likeness (QED) is 0.622. The normalized spacial score (nSPS) is 10.4. The highest BCUT2D eigenvalue weighted by atomic mass is 35.5. The van der Waals surface area contributed by atoms with E-state index in [1.807, 2.05) is 0 Å². The molecule has 1 aromatic carbocycles. The van der Waals surface area contributed by atoms with E-state index in [1.165, 1.54) is 10.6 Å². The number of halogens is 1. The average Bonchev–Trinajstić information content (AvgIpc) is 2.72. The minimum Gasteiger partial charge on any atom is -0.346 e. The lowest BCUT2D eigenvalue weighted by molar-refractivity contribution is -0.383. The number of fused-ring (bicyclic) bond motifs is 1. The minimum absolute atomic E-state index is 0.0603. The van der Waals surface area contributed by atoms with Crippen LogP contribution in [-0.2, 0) is 15.6 Å². The lowest BCUT2D eigenvalue weighted by Crippen LogP contribution is -2.09. The van der Waals surface area contributed by atoms with Gasteiger partial charge in [-0.1, -0.05) is 12.1 Å². The van der Waals surface area contributed by atoms with Crippen molar-refractivity contribution < 1.29 is 14.0 Å². The summed E-state index contributed by atoms with van der Waals surface area (Å²) in [5.74, 6) is -0.678. The summed E-state index contributed by atoms with van der Waals surface area (Å²) in [4.78, 5) is 21.4. The van der Waals surface area contributed by atoms with Gasteiger partial charge in [0, 0.05) is 17.6 Å². The van der Waals surface area contributed by atoms with Crippen molar-refractivity contribution in [3.8, 4) is 0 Å². The number of para-hydroxylation sites is 1. The van der Waals surface area contributed by atoms with E-state index < -0.39 is 10.9 Å². The van der Waals surface area contributed by atoms with Gasteiger partial charge >= 0.3 is 5.97 Å². The first-order valence-corrected chi connectivity index (χ1v) is 4.98. The molecule has 1 heterocycles. The highest BCUT2D eigenvalue weighted by Gasteiger charge is 2.16. The van der Waals surface area contributed by atoms with Crippen LogP contribution in [0.1, 0.15) is 0 Å². The number of benzene rings is 1. The number of carbonyl (C=O) groups is 1. The first kappa shape index (κ1) is 11.4. The standard InChI is InChI=1S/C10H7ClN2O4/c11-17-9(14)6-12-5-4-7-2-1-3-8(10(7)12)13(15)16/h1-5H,6H2. The number of hydrogen-bond donors (Lipinski definition) is 0. The van der Waals surface area contributed by atoms with E-state index in [0.29, 0.717) is 10.9 Å². The monoisotopic (exact) mass is 254 g/mol. The van der Waals surface area contributed by atoms with Crippen LogP contribution in [-0.4, -0.2) is 15.5 Å². The lowest BCUT2D eigenvalue weighted by Gasteiger charge is -2.02. The molecule has 0 fully saturated rings. The Morgan fingerprint density at radius 3 is 2.88 bits per heavy atom. The van der Waals surface area contributed by atoms with Crippen molar-refractivity contribution in [2.75, 3.05) is 0 Å². The van der Waals surface area contributed by atoms with Crippen LogP contribution in [0.3, 0.4) is 0 Å². The highest BCUT2D eigenvalue weighted by Crippen LogP contribution is 2.26. The van der Waals surface area contributed by atoms with Crippen LogP contribution >= 0.6 is 11.9 Å². The predicted molar refractivity (Wildman–Crippen MR) is 60.5 cm³/mol. The first-order valence-electron chi connectivity index (χ1n) is 4.67. The van der Waals surface area contributed by atoms with Crippen LogP contribution in [0.25, 0.3) is 10.9 Å². The van der Waals surface area contributed by atoms with Crippen LogP contribution in [0.5, 0.6) is 0 Å². The van der Waals surface area contributed by atoms with E-state index in [1.54, 1.807) is 24.4 Å². The Bertz CT molecular complexity index is 593. The van der Waals surface area contributed by atoms with Crippen molar-refractivity contribution in [3.05, 3.63) is 40.6 Å². The van der Waals surface area contributed by atoms with Crippen LogP contribution in [0.2, 0.25) is 0 Å². The van der Waals surface area contributed by atoms with Gasteiger partial charge in [0.25, 0.3) is 5.69 Å². The Morgan fingerprint density at radius 2 is 2.24 bits per heavy atom. The second kappa shape index (κ2) is 4.42. The molecule has 0 N–H and O–H groups in total. The Morgan fingerprint density at radius 1 is 1.47 bits per heavy atom. The molecule has 0 saturated heterocycles. The molecule has 1 aromatic heterocycles. The maximum absolute atomic E-state index is 11.1. The number of nitrogens with zero attached hydrogens (tertiary/aromatic N) is 2. The summed E-state index contributed by atoms with van der Waals surface area (Å²) in [6.45, 7) is -0.169. The third kappa shape index (κ3) is 2.07. The summed E-state index contributed by atoms with van der Waals surface area (Å²) in [6.07, 6.45) is 1.57. The molecule has 6 nitrogen and oxygen atoms in total. The van der Waals surface area contributed by atoms with Crippen molar-refractivity contribution in [3.63, 3.8) is 0 Å². The number of nitro groups is 1. The number of rotatable bonds is 3. The van der Waals surface area contributed by atoms with E-state index in [-0.39, 0.29) is 12.2 Å². The van der Waals surface area contributed by atoms with Gasteiger partial charge in [0.15, 0.2) is 0 Å². The van der Waals surface area contributed by atoms with Crippen molar-refractivity contribution in [1.29, 1.82) is 0 Å². The molecule has 0 spiro atoms. The number of carbonyl (C=O) groups excluding carboxylic acids is 1. The van der Waals surface area contributed by atoms with Crippen LogP contribution in [0, 0.1) is 10.1 Å². The van der Waals surface area contributed by atoms with Gasteiger partial charge in [-0.3, -0.25) is 10.1 Å². The van der Waals surface area contributed by atoms with Crippen molar-refractivity contribution in [2.24, 2.45) is 0 Å². The summed E-state index contributed by atoms with van der Waals surface area (Å²) in [5.41, 5.74) is 0.314. The van der Waals surface area contributed by atoms with E-state index in [2.05, 4.69) is 4.29 Å². The smallest absolute Gasteiger partial charge is 0.344 e. The maximum atomic E-state index is 11.1. The fourth-order valence-corrected chi connectivity index (χ4v) is 1.73. The van der Waals surface area contributed by atoms with Gasteiger partial charge in [0.1, 0.15) is 23.9 Å². The number of aromatic nitrogens is 1. The fourth-order valence-electron chi connectivity index (χ4n) is 1.68. The zero-order valence-electron chi connectivity index (χ0n) is 8.50. The second-order valence-electron chi connectivity index (χ2n) is 3.36. The largest absolute Gasteiger partial charge is 0.346 e. The number of non-ortho nitro benzene ring substituents is 1. The zero-order chi connectivity index (χ0) is 12.4. The van der Waals surface area contributed by atoms with Gasteiger partial charge < -0.3 is 8.86 Å². The molecule has 0 aliphatic heterocycles. The third-order valence-electron chi connectivity index (χ3n) is 2.35. The summed E-state index contributed by atoms with van der Waals surface area (Å²) < 4.78 is 5.44. The lowest BCUT2D eigenvalue weighted by atomic mass is 10.2. The van der Waals surface area contributed by atoms with Gasteiger partial charge in [-0.25, -0.2) is 4.79 Å². The Kier molecular flexibility index (Phi) is 2.97. The highest BCUT2D eigenvalue weighted by molar-refractivity contribution is 6.13. The van der Waals surface area contributed by atoms with E-state index in [9.17, 15) is 14.9 Å². The van der Waals surface area contributed by atoms with Gasteiger partial charge in [-0.2, -0.15) is 0 Å². The molecule has 0 atom stereocenters. The second-order valence-corrected chi connectivity index (χ2v) is 3.52. The fraction of sp³-hybridized carbons (Fsp3) is 0.100. The molecule has 2 rings (SSSR count). The van der Waals surface area contributed by atoms with Crippen molar-refractivity contribution in [2.45, 2.75) is 6.54 Å². The molecular formula is C10H7ClN2O4.